The zero-order valence-corrected chi connectivity index (χ0v) is 18.5. The Morgan fingerprint density at radius 2 is 1.00 bits per heavy atom. The first-order chi connectivity index (χ1) is 13.4. The maximum absolute atomic E-state index is 4.64. The van der Waals surface area contributed by atoms with Gasteiger partial charge in [0.2, 0.25) is 0 Å². The fourth-order valence-electron chi connectivity index (χ4n) is 5.41. The number of hydrogen-bond donors (Lipinski definition) is 0. The molecule has 5 rings (SSSR count). The van der Waals surface area contributed by atoms with Gasteiger partial charge >= 0.3 is 28.7 Å². The van der Waals surface area contributed by atoms with Crippen molar-refractivity contribution in [3.63, 3.8) is 0 Å². The molecule has 0 unspecified atom stereocenters. The van der Waals surface area contributed by atoms with E-state index in [0.717, 1.165) is 11.8 Å². The van der Waals surface area contributed by atoms with Gasteiger partial charge in [-0.05, 0) is 70.9 Å². The van der Waals surface area contributed by atoms with Crippen molar-refractivity contribution in [3.8, 4) is 11.1 Å². The minimum atomic E-state index is 0.796. The quantitative estimate of drug-likeness (QED) is 0.373. The first kappa shape index (κ1) is 19.7. The van der Waals surface area contributed by atoms with Crippen LogP contribution in [0.1, 0.15) is 98.3 Å². The molecule has 2 saturated carbocycles. The van der Waals surface area contributed by atoms with Crippen LogP contribution in [0, 0.1) is 6.42 Å². The van der Waals surface area contributed by atoms with Gasteiger partial charge in [-0.15, -0.1) is 0 Å². The number of halogens is 1. The molecule has 0 aromatic heterocycles. The van der Waals surface area contributed by atoms with Crippen LogP contribution in [0.5, 0.6) is 0 Å². The predicted molar refractivity (Wildman–Crippen MR) is 112 cm³/mol. The van der Waals surface area contributed by atoms with Crippen molar-refractivity contribution in [2.24, 2.45) is 0 Å². The number of benzene rings is 2. The van der Waals surface area contributed by atoms with E-state index in [2.05, 4.69) is 52.1 Å². The Labute approximate surface area is 180 Å². The molecule has 140 valence electrons. The minimum absolute atomic E-state index is 0.796. The molecule has 2 heteroatoms. The van der Waals surface area contributed by atoms with Crippen molar-refractivity contribution in [1.82, 2.24) is 0 Å². The van der Waals surface area contributed by atoms with Crippen LogP contribution >= 0.6 is 9.30 Å². The van der Waals surface area contributed by atoms with E-state index in [9.17, 15) is 0 Å². The summed E-state index contributed by atoms with van der Waals surface area (Å²) in [6.45, 7) is 0. The Morgan fingerprint density at radius 1 is 0.593 bits per heavy atom. The molecule has 0 heterocycles. The maximum atomic E-state index is 4.64. The summed E-state index contributed by atoms with van der Waals surface area (Å²) in [4.78, 5) is 0. The van der Waals surface area contributed by atoms with E-state index in [0.29, 0.717) is 0 Å². The molecular formula is C25H29ClTi. The van der Waals surface area contributed by atoms with Gasteiger partial charge in [0.1, 0.15) is 0 Å². The zero-order chi connectivity index (χ0) is 18.6. The van der Waals surface area contributed by atoms with Gasteiger partial charge in [-0.25, -0.2) is 0 Å². The first-order valence-electron chi connectivity index (χ1n) is 10.7. The van der Waals surface area contributed by atoms with Crippen LogP contribution in [0.4, 0.5) is 0 Å². The van der Waals surface area contributed by atoms with Gasteiger partial charge in [0.05, 0.1) is 0 Å². The van der Waals surface area contributed by atoms with Gasteiger partial charge in [0.25, 0.3) is 0 Å². The molecule has 0 amide bonds. The molecule has 0 nitrogen and oxygen atoms in total. The predicted octanol–water partition coefficient (Wildman–Crippen LogP) is 8.05. The SMILES string of the molecule is [CH]1c2ccc(C3CCCCC3)cc2-c2cc(C3CCCCC3)ccc21.[Cl][Ti]. The molecule has 0 bridgehead atoms. The third-order valence-corrected chi connectivity index (χ3v) is 6.91. The number of rotatable bonds is 2. The van der Waals surface area contributed by atoms with Gasteiger partial charge in [-0.2, -0.15) is 0 Å². The first-order valence-corrected chi connectivity index (χ1v) is 12.9. The third kappa shape index (κ3) is 4.24. The molecule has 2 aromatic rings. The van der Waals surface area contributed by atoms with Crippen LogP contribution in [-0.2, 0) is 19.4 Å². The molecule has 0 spiro atoms. The fraction of sp³-hybridized carbons (Fsp3) is 0.480. The van der Waals surface area contributed by atoms with Gasteiger partial charge in [-0.1, -0.05) is 74.9 Å². The molecule has 0 saturated heterocycles. The Kier molecular flexibility index (Phi) is 6.80. The summed E-state index contributed by atoms with van der Waals surface area (Å²) in [6.07, 6.45) is 16.5. The topological polar surface area (TPSA) is 0 Å². The van der Waals surface area contributed by atoms with Crippen molar-refractivity contribution in [2.45, 2.75) is 76.0 Å². The van der Waals surface area contributed by atoms with Crippen molar-refractivity contribution in [1.29, 1.82) is 0 Å². The summed E-state index contributed by atoms with van der Waals surface area (Å²) in [6, 6.07) is 14.6. The Bertz CT molecular complexity index is 704. The molecule has 2 fully saturated rings. The van der Waals surface area contributed by atoms with Gasteiger partial charge in [0, 0.05) is 6.42 Å². The van der Waals surface area contributed by atoms with Crippen LogP contribution in [0.15, 0.2) is 36.4 Å². The van der Waals surface area contributed by atoms with E-state index in [1.165, 1.54) is 106 Å². The van der Waals surface area contributed by atoms with E-state index in [1.54, 1.807) is 11.1 Å². The molecule has 0 N–H and O–H groups in total. The van der Waals surface area contributed by atoms with Crippen molar-refractivity contribution in [3.05, 3.63) is 65.1 Å². The Morgan fingerprint density at radius 3 is 1.41 bits per heavy atom. The second-order valence-corrected chi connectivity index (χ2v) is 8.51. The Hall–Kier alpha value is -0.556. The average molecular weight is 413 g/mol. The average Bonchev–Trinajstić information content (AvgIpc) is 3.13. The normalized spacial score (nSPS) is 19.7. The third-order valence-electron chi connectivity index (χ3n) is 6.91. The van der Waals surface area contributed by atoms with Crippen molar-refractivity contribution >= 4 is 9.30 Å². The number of fused-ring (bicyclic) bond motifs is 3. The van der Waals surface area contributed by atoms with E-state index < -0.39 is 0 Å². The van der Waals surface area contributed by atoms with Crippen LogP contribution in [0.25, 0.3) is 11.1 Å². The molecule has 1 radical (unpaired) electrons. The molecule has 0 aliphatic heterocycles. The monoisotopic (exact) mass is 412 g/mol. The van der Waals surface area contributed by atoms with Gasteiger partial charge in [0.15, 0.2) is 0 Å². The van der Waals surface area contributed by atoms with Crippen LogP contribution < -0.4 is 0 Å². The molecule has 3 aliphatic carbocycles. The van der Waals surface area contributed by atoms with E-state index in [-0.39, 0.29) is 0 Å². The Balaban J connectivity index is 0.000000872. The van der Waals surface area contributed by atoms with Crippen molar-refractivity contribution < 1.29 is 19.4 Å². The molecule has 3 aliphatic rings. The summed E-state index contributed by atoms with van der Waals surface area (Å²) in [5.74, 6) is 1.59. The standard InChI is InChI=1S/C25H29.ClH.Ti/c1-3-7-18(8-4-1)20-11-13-22-15-23-14-12-21(17-25(23)24(22)16-20)19-9-5-2-6-10-19;;/h11-19H,1-10H2;1H;/q;;+1/p-1. The molecular weight excluding hydrogens is 384 g/mol. The second kappa shape index (κ2) is 9.29. The summed E-state index contributed by atoms with van der Waals surface area (Å²) in [7, 11) is 4.64. The van der Waals surface area contributed by atoms with Gasteiger partial charge in [-0.3, -0.25) is 0 Å². The number of hydrogen-bond acceptors (Lipinski definition) is 0. The summed E-state index contributed by atoms with van der Waals surface area (Å²) in [5, 5.41) is 0. The molecule has 27 heavy (non-hydrogen) atoms. The van der Waals surface area contributed by atoms with E-state index in [4.69, 9.17) is 0 Å². The van der Waals surface area contributed by atoms with Crippen LogP contribution in [0.3, 0.4) is 0 Å². The van der Waals surface area contributed by atoms with E-state index in [1.807, 2.05) is 0 Å². The van der Waals surface area contributed by atoms with Crippen LogP contribution in [-0.4, -0.2) is 0 Å². The summed E-state index contributed by atoms with van der Waals surface area (Å²) in [5.41, 5.74) is 9.02. The van der Waals surface area contributed by atoms with Gasteiger partial charge < -0.3 is 0 Å². The molecule has 2 aromatic carbocycles. The summed E-state index contributed by atoms with van der Waals surface area (Å²) < 4.78 is 0. The summed E-state index contributed by atoms with van der Waals surface area (Å²) >= 11 is 1.47. The van der Waals surface area contributed by atoms with Crippen molar-refractivity contribution in [2.75, 3.05) is 0 Å². The molecule has 0 atom stereocenters. The second-order valence-electron chi connectivity index (χ2n) is 8.51. The van der Waals surface area contributed by atoms with E-state index >= 15 is 0 Å². The zero-order valence-electron chi connectivity index (χ0n) is 16.1. The fourth-order valence-corrected chi connectivity index (χ4v) is 5.41. The van der Waals surface area contributed by atoms with Crippen LogP contribution in [0.2, 0.25) is 0 Å².